The predicted molar refractivity (Wildman–Crippen MR) is 71.6 cm³/mol. The van der Waals surface area contributed by atoms with Crippen LogP contribution in [0.3, 0.4) is 0 Å². The third-order valence-electron chi connectivity index (χ3n) is 2.97. The minimum Gasteiger partial charge on any atom is -0.313 e. The van der Waals surface area contributed by atoms with E-state index in [2.05, 4.69) is 30.6 Å². The molecule has 1 saturated carbocycles. The van der Waals surface area contributed by atoms with Crippen molar-refractivity contribution >= 4 is 11.8 Å². The van der Waals surface area contributed by atoms with Crippen LogP contribution in [0.15, 0.2) is 12.7 Å². The van der Waals surface area contributed by atoms with Crippen LogP contribution in [0, 0.1) is 0 Å². The molecular weight excluding hydrogens is 202 g/mol. The molecule has 0 aliphatic heterocycles. The maximum absolute atomic E-state index is 3.84. The highest BCUT2D eigenvalue weighted by atomic mass is 32.2. The molecule has 0 aromatic rings. The van der Waals surface area contributed by atoms with E-state index >= 15 is 0 Å². The fourth-order valence-corrected chi connectivity index (χ4v) is 3.49. The van der Waals surface area contributed by atoms with Crippen LogP contribution in [0.5, 0.6) is 0 Å². The maximum Gasteiger partial charge on any atom is 0.0192 e. The third kappa shape index (κ3) is 5.62. The lowest BCUT2D eigenvalue weighted by Gasteiger charge is -2.18. The van der Waals surface area contributed by atoms with Crippen molar-refractivity contribution in [1.29, 1.82) is 0 Å². The van der Waals surface area contributed by atoms with E-state index in [9.17, 15) is 0 Å². The van der Waals surface area contributed by atoms with Crippen LogP contribution in [0.1, 0.15) is 45.4 Å². The van der Waals surface area contributed by atoms with E-state index in [1.807, 2.05) is 6.08 Å². The van der Waals surface area contributed by atoms with E-state index < -0.39 is 0 Å². The summed E-state index contributed by atoms with van der Waals surface area (Å²) in [6, 6.07) is 0.646. The molecule has 0 bridgehead atoms. The molecule has 1 aliphatic carbocycles. The van der Waals surface area contributed by atoms with Gasteiger partial charge in [-0.3, -0.25) is 0 Å². The largest absolute Gasteiger partial charge is 0.313 e. The Kier molecular flexibility index (Phi) is 7.20. The van der Waals surface area contributed by atoms with Crippen LogP contribution in [0.2, 0.25) is 0 Å². The Morgan fingerprint density at radius 2 is 2.20 bits per heavy atom. The number of nitrogens with one attached hydrogen (secondary N) is 1. The monoisotopic (exact) mass is 227 g/mol. The van der Waals surface area contributed by atoms with Crippen LogP contribution in [0.4, 0.5) is 0 Å². The zero-order valence-electron chi connectivity index (χ0n) is 10.0. The van der Waals surface area contributed by atoms with Gasteiger partial charge in [-0.15, -0.1) is 6.58 Å². The molecule has 0 saturated heterocycles. The number of hydrogen-bond donors (Lipinski definition) is 1. The normalized spacial score (nSPS) is 19.3. The Hall–Kier alpha value is 0.0500. The Labute approximate surface area is 99.1 Å². The van der Waals surface area contributed by atoms with E-state index in [0.717, 1.165) is 18.2 Å². The lowest BCUT2D eigenvalue weighted by molar-refractivity contribution is 0.557. The van der Waals surface area contributed by atoms with Gasteiger partial charge in [0.1, 0.15) is 0 Å². The third-order valence-corrected chi connectivity index (χ3v) is 4.51. The summed E-state index contributed by atoms with van der Waals surface area (Å²) in [5, 5.41) is 4.55. The molecule has 0 radical (unpaired) electrons. The zero-order valence-corrected chi connectivity index (χ0v) is 10.8. The summed E-state index contributed by atoms with van der Waals surface area (Å²) in [6.45, 7) is 7.21. The van der Waals surface area contributed by atoms with Gasteiger partial charge in [-0.1, -0.05) is 25.8 Å². The Morgan fingerprint density at radius 1 is 1.47 bits per heavy atom. The fraction of sp³-hybridized carbons (Fsp3) is 0.846. The highest BCUT2D eigenvalue weighted by Crippen LogP contribution is 2.29. The molecule has 1 N–H and O–H groups in total. The Morgan fingerprint density at radius 3 is 2.80 bits per heavy atom. The van der Waals surface area contributed by atoms with Crippen molar-refractivity contribution in [3.05, 3.63) is 12.7 Å². The molecule has 1 aliphatic rings. The number of thioether (sulfide) groups is 1. The van der Waals surface area contributed by atoms with Crippen LogP contribution in [-0.2, 0) is 0 Å². The van der Waals surface area contributed by atoms with Crippen molar-refractivity contribution in [3.63, 3.8) is 0 Å². The molecule has 0 spiro atoms. The molecule has 15 heavy (non-hydrogen) atoms. The molecule has 1 atom stereocenters. The smallest absolute Gasteiger partial charge is 0.0192 e. The average Bonchev–Trinajstić information content (AvgIpc) is 2.75. The van der Waals surface area contributed by atoms with Crippen molar-refractivity contribution in [1.82, 2.24) is 5.32 Å². The molecule has 0 amide bonds. The van der Waals surface area contributed by atoms with Crippen molar-refractivity contribution in [2.45, 2.75) is 56.7 Å². The first-order valence-corrected chi connectivity index (χ1v) is 7.37. The first kappa shape index (κ1) is 13.1. The minimum atomic E-state index is 0.646. The van der Waals surface area contributed by atoms with Gasteiger partial charge in [0.15, 0.2) is 0 Å². The lowest BCUT2D eigenvalue weighted by Crippen LogP contribution is -2.32. The molecule has 1 rings (SSSR count). The van der Waals surface area contributed by atoms with Crippen molar-refractivity contribution < 1.29 is 0 Å². The van der Waals surface area contributed by atoms with Gasteiger partial charge in [0.25, 0.3) is 0 Å². The SMILES string of the molecule is C=CCC(CSC1CCCC1)NCCC. The van der Waals surface area contributed by atoms with E-state index in [1.165, 1.54) is 37.9 Å². The summed E-state index contributed by atoms with van der Waals surface area (Å²) in [6.07, 6.45) is 10.2. The molecule has 1 nitrogen and oxygen atoms in total. The summed E-state index contributed by atoms with van der Waals surface area (Å²) in [5.41, 5.74) is 0. The second-order valence-electron chi connectivity index (χ2n) is 4.42. The second-order valence-corrected chi connectivity index (χ2v) is 5.75. The molecule has 0 heterocycles. The number of rotatable bonds is 8. The van der Waals surface area contributed by atoms with Crippen molar-refractivity contribution in [3.8, 4) is 0 Å². The minimum absolute atomic E-state index is 0.646. The highest BCUT2D eigenvalue weighted by Gasteiger charge is 2.16. The zero-order chi connectivity index (χ0) is 10.9. The van der Waals surface area contributed by atoms with Gasteiger partial charge in [-0.25, -0.2) is 0 Å². The molecule has 0 aromatic carbocycles. The first-order valence-electron chi connectivity index (χ1n) is 6.32. The predicted octanol–water partition coefficient (Wildman–Crippen LogP) is 3.61. The second kappa shape index (κ2) is 8.23. The van der Waals surface area contributed by atoms with Crippen molar-refractivity contribution in [2.24, 2.45) is 0 Å². The standard InChI is InChI=1S/C13H25NS/c1-3-7-12(14-10-4-2)11-15-13-8-5-6-9-13/h3,12-14H,1,4-11H2,2H3. The lowest BCUT2D eigenvalue weighted by atomic mass is 10.2. The van der Waals surface area contributed by atoms with Gasteiger partial charge < -0.3 is 5.32 Å². The molecular formula is C13H25NS. The van der Waals surface area contributed by atoms with Gasteiger partial charge in [0.05, 0.1) is 0 Å². The average molecular weight is 227 g/mol. The van der Waals surface area contributed by atoms with Gasteiger partial charge >= 0.3 is 0 Å². The van der Waals surface area contributed by atoms with Crippen LogP contribution in [-0.4, -0.2) is 23.6 Å². The number of hydrogen-bond acceptors (Lipinski definition) is 2. The van der Waals surface area contributed by atoms with Gasteiger partial charge in [-0.05, 0) is 32.2 Å². The Bertz CT molecular complexity index is 164. The summed E-state index contributed by atoms with van der Waals surface area (Å²) >= 11 is 2.17. The summed E-state index contributed by atoms with van der Waals surface area (Å²) in [4.78, 5) is 0. The quantitative estimate of drug-likeness (QED) is 0.636. The molecule has 1 unspecified atom stereocenters. The molecule has 0 aromatic heterocycles. The highest BCUT2D eigenvalue weighted by molar-refractivity contribution is 7.99. The van der Waals surface area contributed by atoms with E-state index in [-0.39, 0.29) is 0 Å². The van der Waals surface area contributed by atoms with Crippen LogP contribution < -0.4 is 5.32 Å². The van der Waals surface area contributed by atoms with E-state index in [4.69, 9.17) is 0 Å². The van der Waals surface area contributed by atoms with Crippen LogP contribution >= 0.6 is 11.8 Å². The van der Waals surface area contributed by atoms with Crippen molar-refractivity contribution in [2.75, 3.05) is 12.3 Å². The summed E-state index contributed by atoms with van der Waals surface area (Å²) in [7, 11) is 0. The van der Waals surface area contributed by atoms with E-state index in [1.54, 1.807) is 0 Å². The maximum atomic E-state index is 3.84. The van der Waals surface area contributed by atoms with Gasteiger partial charge in [-0.2, -0.15) is 11.8 Å². The topological polar surface area (TPSA) is 12.0 Å². The Balaban J connectivity index is 2.14. The summed E-state index contributed by atoms with van der Waals surface area (Å²) < 4.78 is 0. The fourth-order valence-electron chi connectivity index (χ4n) is 2.07. The molecule has 2 heteroatoms. The first-order chi connectivity index (χ1) is 7.36. The van der Waals surface area contributed by atoms with Gasteiger partial charge in [0.2, 0.25) is 0 Å². The molecule has 1 fully saturated rings. The van der Waals surface area contributed by atoms with E-state index in [0.29, 0.717) is 6.04 Å². The van der Waals surface area contributed by atoms with Crippen LogP contribution in [0.25, 0.3) is 0 Å². The van der Waals surface area contributed by atoms with Gasteiger partial charge in [0, 0.05) is 17.0 Å². The molecule has 88 valence electrons. The summed E-state index contributed by atoms with van der Waals surface area (Å²) in [5.74, 6) is 1.26.